The minimum absolute atomic E-state index is 0.0610. The Morgan fingerprint density at radius 2 is 2.03 bits per heavy atom. The van der Waals surface area contributed by atoms with Crippen LogP contribution in [0.15, 0.2) is 48.8 Å². The number of benzene rings is 1. The lowest BCUT2D eigenvalue weighted by molar-refractivity contribution is -0.134. The van der Waals surface area contributed by atoms with Crippen molar-refractivity contribution in [1.29, 1.82) is 0 Å². The number of rotatable bonds is 6. The van der Waals surface area contributed by atoms with Gasteiger partial charge in [-0.15, -0.1) is 0 Å². The maximum atomic E-state index is 13.1. The number of hydrogen-bond donors (Lipinski definition) is 1. The molecule has 0 unspecified atom stereocenters. The maximum Gasteiger partial charge on any atom is 0.228 e. The summed E-state index contributed by atoms with van der Waals surface area (Å²) in [4.78, 5) is 32.0. The largest absolute Gasteiger partial charge is 0.356 e. The van der Waals surface area contributed by atoms with E-state index in [0.29, 0.717) is 38.4 Å². The molecule has 2 amide bonds. The molecule has 1 aromatic heterocycles. The highest BCUT2D eigenvalue weighted by Crippen LogP contribution is 2.42. The molecule has 2 aliphatic rings. The number of carbonyl (C=O) groups is 2. The Hall–Kier alpha value is -2.69. The highest BCUT2D eigenvalue weighted by atomic mass is 16.2. The molecular formula is C24H29N3O2. The van der Waals surface area contributed by atoms with Crippen LogP contribution >= 0.6 is 0 Å². The van der Waals surface area contributed by atoms with Gasteiger partial charge in [0.15, 0.2) is 0 Å². The summed E-state index contributed by atoms with van der Waals surface area (Å²) < 4.78 is 0. The molecule has 2 aromatic rings. The van der Waals surface area contributed by atoms with Crippen molar-refractivity contribution >= 4 is 11.8 Å². The van der Waals surface area contributed by atoms with Crippen LogP contribution in [0, 0.1) is 17.3 Å². The third kappa shape index (κ3) is 4.04. The second-order valence-electron chi connectivity index (χ2n) is 8.59. The van der Waals surface area contributed by atoms with E-state index in [1.807, 2.05) is 36.2 Å². The van der Waals surface area contributed by atoms with Crippen molar-refractivity contribution in [3.05, 3.63) is 54.4 Å². The third-order valence-corrected chi connectivity index (χ3v) is 6.38. The molecule has 4 rings (SSSR count). The topological polar surface area (TPSA) is 62.3 Å². The van der Waals surface area contributed by atoms with Crippen LogP contribution in [0.3, 0.4) is 0 Å². The lowest BCUT2D eigenvalue weighted by Crippen LogP contribution is -2.45. The molecular weight excluding hydrogens is 362 g/mol. The number of likely N-dealkylation sites (tertiary alicyclic amines) is 1. The first-order valence-electron chi connectivity index (χ1n) is 10.6. The van der Waals surface area contributed by atoms with E-state index in [9.17, 15) is 9.59 Å². The minimum atomic E-state index is -0.558. The van der Waals surface area contributed by atoms with E-state index >= 15 is 0 Å². The van der Waals surface area contributed by atoms with E-state index in [4.69, 9.17) is 0 Å². The van der Waals surface area contributed by atoms with Crippen molar-refractivity contribution in [2.45, 2.75) is 33.1 Å². The Bertz CT molecular complexity index is 898. The minimum Gasteiger partial charge on any atom is -0.356 e. The zero-order chi connectivity index (χ0) is 20.4. The summed E-state index contributed by atoms with van der Waals surface area (Å²) in [7, 11) is 0. The fourth-order valence-electron chi connectivity index (χ4n) is 4.50. The number of carbonyl (C=O) groups excluding carboxylic acids is 2. The standard InChI is InChI=1S/C24H29N3O2/c1-3-26-23(29)24(9-11-27(16-24)22(28)21-12-17(21)2)14-18-6-4-7-19(13-18)20-8-5-10-25-15-20/h4-8,10,13,15,17,21H,3,9,11-12,14,16H2,1-2H3,(H,26,29)/t17-,21+,24+/m1/s1. The molecule has 2 fully saturated rings. The summed E-state index contributed by atoms with van der Waals surface area (Å²) >= 11 is 0. The molecule has 1 aromatic carbocycles. The molecule has 5 heteroatoms. The molecule has 1 N–H and O–H groups in total. The molecule has 1 saturated carbocycles. The van der Waals surface area contributed by atoms with E-state index in [-0.39, 0.29) is 17.7 Å². The Labute approximate surface area is 172 Å². The van der Waals surface area contributed by atoms with Crippen molar-refractivity contribution in [1.82, 2.24) is 15.2 Å². The van der Waals surface area contributed by atoms with E-state index in [1.54, 1.807) is 6.20 Å². The van der Waals surface area contributed by atoms with E-state index in [2.05, 4.69) is 35.4 Å². The zero-order valence-corrected chi connectivity index (χ0v) is 17.2. The van der Waals surface area contributed by atoms with Gasteiger partial charge in [0.25, 0.3) is 0 Å². The van der Waals surface area contributed by atoms with Crippen LogP contribution in [-0.2, 0) is 16.0 Å². The van der Waals surface area contributed by atoms with E-state index < -0.39 is 5.41 Å². The zero-order valence-electron chi connectivity index (χ0n) is 17.2. The van der Waals surface area contributed by atoms with Crippen molar-refractivity contribution in [3.8, 4) is 11.1 Å². The van der Waals surface area contributed by atoms with Crippen LogP contribution in [0.25, 0.3) is 11.1 Å². The summed E-state index contributed by atoms with van der Waals surface area (Å²) in [5, 5.41) is 3.02. The van der Waals surface area contributed by atoms with Crippen LogP contribution in [0.4, 0.5) is 0 Å². The summed E-state index contributed by atoms with van der Waals surface area (Å²) in [6, 6.07) is 12.3. The third-order valence-electron chi connectivity index (χ3n) is 6.38. The van der Waals surface area contributed by atoms with Gasteiger partial charge in [-0.05, 0) is 54.9 Å². The van der Waals surface area contributed by atoms with Crippen molar-refractivity contribution < 1.29 is 9.59 Å². The Morgan fingerprint density at radius 1 is 1.24 bits per heavy atom. The predicted molar refractivity (Wildman–Crippen MR) is 113 cm³/mol. The number of nitrogens with zero attached hydrogens (tertiary/aromatic N) is 2. The Kier molecular flexibility index (Phi) is 5.39. The number of aromatic nitrogens is 1. The lowest BCUT2D eigenvalue weighted by Gasteiger charge is -2.28. The molecule has 0 radical (unpaired) electrons. The first-order chi connectivity index (χ1) is 14.0. The second kappa shape index (κ2) is 7.97. The lowest BCUT2D eigenvalue weighted by atomic mass is 9.79. The maximum absolute atomic E-state index is 13.1. The van der Waals surface area contributed by atoms with Crippen LogP contribution in [0.5, 0.6) is 0 Å². The monoisotopic (exact) mass is 391 g/mol. The highest BCUT2D eigenvalue weighted by molar-refractivity contribution is 5.87. The summed E-state index contributed by atoms with van der Waals surface area (Å²) in [6.45, 7) is 5.85. The fourth-order valence-corrected chi connectivity index (χ4v) is 4.50. The van der Waals surface area contributed by atoms with Crippen molar-refractivity contribution in [3.63, 3.8) is 0 Å². The number of pyridine rings is 1. The van der Waals surface area contributed by atoms with Crippen LogP contribution in [0.1, 0.15) is 32.3 Å². The molecule has 5 nitrogen and oxygen atoms in total. The summed E-state index contributed by atoms with van der Waals surface area (Å²) in [5.74, 6) is 0.936. The van der Waals surface area contributed by atoms with Gasteiger partial charge < -0.3 is 10.2 Å². The molecule has 1 aliphatic carbocycles. The molecule has 0 bridgehead atoms. The smallest absolute Gasteiger partial charge is 0.228 e. The fraction of sp³-hybridized carbons (Fsp3) is 0.458. The average Bonchev–Trinajstić information content (AvgIpc) is 3.31. The van der Waals surface area contributed by atoms with Gasteiger partial charge in [-0.25, -0.2) is 0 Å². The molecule has 3 atom stereocenters. The first kappa shape index (κ1) is 19.6. The normalized spacial score (nSPS) is 25.7. The van der Waals surface area contributed by atoms with Gasteiger partial charge in [0, 0.05) is 37.9 Å². The first-order valence-corrected chi connectivity index (χ1v) is 10.6. The molecule has 152 valence electrons. The van der Waals surface area contributed by atoms with Gasteiger partial charge in [-0.2, -0.15) is 0 Å². The number of nitrogens with one attached hydrogen (secondary N) is 1. The second-order valence-corrected chi connectivity index (χ2v) is 8.59. The summed E-state index contributed by atoms with van der Waals surface area (Å²) in [5.41, 5.74) is 2.72. The van der Waals surface area contributed by atoms with Gasteiger partial charge in [0.2, 0.25) is 11.8 Å². The predicted octanol–water partition coefficient (Wildman–Crippen LogP) is 3.30. The summed E-state index contributed by atoms with van der Waals surface area (Å²) in [6.07, 6.45) is 5.95. The Morgan fingerprint density at radius 3 is 2.72 bits per heavy atom. The van der Waals surface area contributed by atoms with Crippen LogP contribution in [-0.4, -0.2) is 41.3 Å². The molecule has 2 heterocycles. The SMILES string of the molecule is CCNC(=O)[C@]1(Cc2cccc(-c3cccnc3)c2)CCN(C(=O)[C@H]2C[C@H]2C)C1. The quantitative estimate of drug-likeness (QED) is 0.822. The van der Waals surface area contributed by atoms with E-state index in [1.165, 1.54) is 0 Å². The van der Waals surface area contributed by atoms with Crippen molar-refractivity contribution in [2.24, 2.45) is 17.3 Å². The molecule has 0 spiro atoms. The van der Waals surface area contributed by atoms with Gasteiger partial charge in [0.05, 0.1) is 5.41 Å². The molecule has 1 aliphatic heterocycles. The van der Waals surface area contributed by atoms with Gasteiger partial charge in [-0.3, -0.25) is 14.6 Å². The Balaban J connectivity index is 1.57. The van der Waals surface area contributed by atoms with Crippen LogP contribution < -0.4 is 5.32 Å². The average molecular weight is 392 g/mol. The van der Waals surface area contributed by atoms with Crippen molar-refractivity contribution in [2.75, 3.05) is 19.6 Å². The number of hydrogen-bond acceptors (Lipinski definition) is 3. The molecule has 29 heavy (non-hydrogen) atoms. The number of amides is 2. The van der Waals surface area contributed by atoms with Gasteiger partial charge in [0.1, 0.15) is 0 Å². The van der Waals surface area contributed by atoms with Gasteiger partial charge >= 0.3 is 0 Å². The molecule has 1 saturated heterocycles. The van der Waals surface area contributed by atoms with Gasteiger partial charge in [-0.1, -0.05) is 37.3 Å². The van der Waals surface area contributed by atoms with Crippen LogP contribution in [0.2, 0.25) is 0 Å². The highest BCUT2D eigenvalue weighted by Gasteiger charge is 2.49. The van der Waals surface area contributed by atoms with E-state index in [0.717, 1.165) is 23.1 Å².